The first-order valence-corrected chi connectivity index (χ1v) is 10.8. The van der Waals surface area contributed by atoms with E-state index >= 15 is 0 Å². The summed E-state index contributed by atoms with van der Waals surface area (Å²) in [5, 5.41) is 2.69. The Bertz CT molecular complexity index is 841. The minimum absolute atomic E-state index is 0.0848. The molecule has 32 heavy (non-hydrogen) atoms. The highest BCUT2D eigenvalue weighted by Gasteiger charge is 2.54. The Morgan fingerprint density at radius 2 is 1.75 bits per heavy atom. The molecule has 0 bridgehead atoms. The third-order valence-corrected chi connectivity index (χ3v) is 6.86. The van der Waals surface area contributed by atoms with Crippen molar-refractivity contribution in [2.24, 2.45) is 11.3 Å². The van der Waals surface area contributed by atoms with Crippen LogP contribution in [0.5, 0.6) is 5.75 Å². The van der Waals surface area contributed by atoms with Crippen molar-refractivity contribution in [2.45, 2.75) is 56.7 Å². The molecule has 2 saturated carbocycles. The summed E-state index contributed by atoms with van der Waals surface area (Å²) in [6, 6.07) is 2.79. The molecule has 0 radical (unpaired) electrons. The molecule has 178 valence electrons. The van der Waals surface area contributed by atoms with Crippen LogP contribution in [0, 0.1) is 17.2 Å². The average molecular weight is 464 g/mol. The molecule has 2 aliphatic carbocycles. The Kier molecular flexibility index (Phi) is 6.11. The fraction of sp³-hybridized carbons (Fsp3) is 0.682. The van der Waals surface area contributed by atoms with Gasteiger partial charge in [-0.2, -0.15) is 8.78 Å². The van der Waals surface area contributed by atoms with Gasteiger partial charge < -0.3 is 10.1 Å². The molecule has 3 aliphatic rings. The number of hydrogen-bond acceptors (Lipinski definition) is 3. The number of carbonyl (C=O) groups is 1. The zero-order valence-corrected chi connectivity index (χ0v) is 17.5. The molecular formula is C22H26F6N2O2. The lowest BCUT2D eigenvalue weighted by Gasteiger charge is -2.60. The summed E-state index contributed by atoms with van der Waals surface area (Å²) >= 11 is 0. The van der Waals surface area contributed by atoms with Crippen LogP contribution in [-0.4, -0.2) is 55.2 Å². The maximum Gasteiger partial charge on any atom is 0.387 e. The van der Waals surface area contributed by atoms with E-state index in [4.69, 9.17) is 0 Å². The Morgan fingerprint density at radius 3 is 2.38 bits per heavy atom. The Hall–Kier alpha value is -1.97. The lowest BCUT2D eigenvalue weighted by molar-refractivity contribution is -0.129. The number of amides is 1. The molecule has 1 spiro atoms. The Labute approximate surface area is 182 Å². The van der Waals surface area contributed by atoms with Gasteiger partial charge >= 0.3 is 6.61 Å². The van der Waals surface area contributed by atoms with Crippen molar-refractivity contribution in [2.75, 3.05) is 26.2 Å². The fourth-order valence-electron chi connectivity index (χ4n) is 5.41. The zero-order valence-electron chi connectivity index (χ0n) is 17.5. The van der Waals surface area contributed by atoms with Gasteiger partial charge in [0.25, 0.3) is 5.91 Å². The quantitative estimate of drug-likeness (QED) is 0.591. The van der Waals surface area contributed by atoms with Crippen LogP contribution in [0.4, 0.5) is 26.3 Å². The van der Waals surface area contributed by atoms with Crippen LogP contribution in [0.1, 0.15) is 48.9 Å². The van der Waals surface area contributed by atoms with Crippen molar-refractivity contribution in [3.8, 4) is 5.75 Å². The smallest absolute Gasteiger partial charge is 0.387 e. The second-order valence-corrected chi connectivity index (χ2v) is 9.69. The van der Waals surface area contributed by atoms with E-state index in [1.807, 2.05) is 4.90 Å². The van der Waals surface area contributed by atoms with Gasteiger partial charge in [0.2, 0.25) is 5.92 Å². The second-order valence-electron chi connectivity index (χ2n) is 9.69. The maximum absolute atomic E-state index is 14.8. The van der Waals surface area contributed by atoms with Crippen molar-refractivity contribution in [1.29, 1.82) is 0 Å². The first kappa shape index (κ1) is 23.2. The summed E-state index contributed by atoms with van der Waals surface area (Å²) in [6.07, 6.45) is 0.690. The summed E-state index contributed by atoms with van der Waals surface area (Å²) in [4.78, 5) is 14.2. The van der Waals surface area contributed by atoms with Crippen molar-refractivity contribution >= 4 is 5.91 Å². The average Bonchev–Trinajstić information content (AvgIpc) is 2.63. The standard InChI is InChI=1S/C22H26F6N2O2/c23-16-5-15(6-17(7-16)32-19(24)25)18(31)29-10-14-8-20(9-14)11-30(12-20)13-21(26)1-3-22(27,28)4-2-21/h5-7,14,19H,1-4,8-13H2,(H,29,31). The van der Waals surface area contributed by atoms with E-state index in [0.29, 0.717) is 6.54 Å². The molecule has 4 rings (SSSR count). The van der Waals surface area contributed by atoms with Crippen molar-refractivity contribution in [3.05, 3.63) is 29.6 Å². The van der Waals surface area contributed by atoms with Gasteiger partial charge in [0, 0.05) is 50.7 Å². The molecule has 3 fully saturated rings. The largest absolute Gasteiger partial charge is 0.435 e. The molecule has 1 amide bonds. The SMILES string of the molecule is O=C(NCC1CC2(C1)CN(CC1(F)CCC(F)(F)CC1)C2)c1cc(F)cc(OC(F)F)c1. The van der Waals surface area contributed by atoms with Crippen LogP contribution in [-0.2, 0) is 0 Å². The van der Waals surface area contributed by atoms with Crippen LogP contribution in [0.25, 0.3) is 0 Å². The number of nitrogens with one attached hydrogen (secondary N) is 1. The normalized spacial score (nSPS) is 24.1. The van der Waals surface area contributed by atoms with Crippen LogP contribution in [0.2, 0.25) is 0 Å². The summed E-state index contributed by atoms with van der Waals surface area (Å²) in [6.45, 7) is -1.12. The van der Waals surface area contributed by atoms with Crippen molar-refractivity contribution in [1.82, 2.24) is 10.2 Å². The number of hydrogen-bond donors (Lipinski definition) is 1. The highest BCUT2D eigenvalue weighted by atomic mass is 19.3. The number of halogens is 6. The van der Waals surface area contributed by atoms with Gasteiger partial charge in [-0.25, -0.2) is 17.6 Å². The molecule has 1 saturated heterocycles. The monoisotopic (exact) mass is 464 g/mol. The second kappa shape index (κ2) is 8.43. The number of nitrogens with zero attached hydrogens (tertiary/aromatic N) is 1. The van der Waals surface area contributed by atoms with E-state index in [1.165, 1.54) is 0 Å². The predicted octanol–water partition coefficient (Wildman–Crippen LogP) is 4.79. The van der Waals surface area contributed by atoms with E-state index in [-0.39, 0.29) is 36.3 Å². The highest BCUT2D eigenvalue weighted by Crippen LogP contribution is 2.52. The number of ether oxygens (including phenoxy) is 1. The van der Waals surface area contributed by atoms with E-state index < -0.39 is 48.5 Å². The summed E-state index contributed by atoms with van der Waals surface area (Å²) < 4.78 is 83.7. The number of alkyl halides is 5. The number of likely N-dealkylation sites (tertiary alicyclic amines) is 1. The van der Waals surface area contributed by atoms with Gasteiger partial charge in [0.15, 0.2) is 0 Å². The molecule has 0 aromatic heterocycles. The molecule has 1 aromatic carbocycles. The van der Waals surface area contributed by atoms with Gasteiger partial charge in [-0.05, 0) is 49.1 Å². The van der Waals surface area contributed by atoms with Gasteiger partial charge in [-0.3, -0.25) is 9.69 Å². The molecule has 4 nitrogen and oxygen atoms in total. The van der Waals surface area contributed by atoms with Gasteiger partial charge in [-0.1, -0.05) is 0 Å². The lowest BCUT2D eigenvalue weighted by Crippen LogP contribution is -2.65. The minimum Gasteiger partial charge on any atom is -0.435 e. The summed E-state index contributed by atoms with van der Waals surface area (Å²) in [5.41, 5.74) is -1.56. The van der Waals surface area contributed by atoms with Crippen LogP contribution >= 0.6 is 0 Å². The first-order valence-electron chi connectivity index (χ1n) is 10.8. The number of benzene rings is 1. The summed E-state index contributed by atoms with van der Waals surface area (Å²) in [5.74, 6) is -4.37. The zero-order chi connectivity index (χ0) is 23.1. The minimum atomic E-state index is -3.12. The van der Waals surface area contributed by atoms with E-state index in [2.05, 4.69) is 10.1 Å². The third-order valence-electron chi connectivity index (χ3n) is 6.86. The van der Waals surface area contributed by atoms with E-state index in [1.54, 1.807) is 0 Å². The first-order chi connectivity index (χ1) is 14.9. The molecule has 1 aliphatic heterocycles. The third kappa shape index (κ3) is 5.32. The molecule has 0 atom stereocenters. The Morgan fingerprint density at radius 1 is 1.09 bits per heavy atom. The topological polar surface area (TPSA) is 41.6 Å². The van der Waals surface area contributed by atoms with Gasteiger partial charge in [0.05, 0.1) is 0 Å². The molecule has 1 aromatic rings. The molecular weight excluding hydrogens is 438 g/mol. The Balaban J connectivity index is 1.18. The van der Waals surface area contributed by atoms with E-state index in [9.17, 15) is 31.1 Å². The van der Waals surface area contributed by atoms with Crippen molar-refractivity contribution in [3.63, 3.8) is 0 Å². The maximum atomic E-state index is 14.8. The highest BCUT2D eigenvalue weighted by molar-refractivity contribution is 5.94. The van der Waals surface area contributed by atoms with E-state index in [0.717, 1.165) is 44.1 Å². The van der Waals surface area contributed by atoms with Gasteiger partial charge in [0.1, 0.15) is 17.2 Å². The molecule has 1 heterocycles. The van der Waals surface area contributed by atoms with Crippen LogP contribution in [0.3, 0.4) is 0 Å². The predicted molar refractivity (Wildman–Crippen MR) is 104 cm³/mol. The van der Waals surface area contributed by atoms with Crippen LogP contribution < -0.4 is 10.1 Å². The number of carbonyl (C=O) groups excluding carboxylic acids is 1. The van der Waals surface area contributed by atoms with Gasteiger partial charge in [-0.15, -0.1) is 0 Å². The van der Waals surface area contributed by atoms with Crippen LogP contribution in [0.15, 0.2) is 18.2 Å². The fourth-order valence-corrected chi connectivity index (χ4v) is 5.41. The molecule has 1 N–H and O–H groups in total. The summed E-state index contributed by atoms with van der Waals surface area (Å²) in [7, 11) is 0. The molecule has 0 unspecified atom stereocenters. The lowest BCUT2D eigenvalue weighted by atomic mass is 9.57. The molecule has 10 heteroatoms. The number of rotatable bonds is 7. The van der Waals surface area contributed by atoms with Crippen molar-refractivity contribution < 1.29 is 35.9 Å².